The summed E-state index contributed by atoms with van der Waals surface area (Å²) in [5.74, 6) is 1.40. The van der Waals surface area contributed by atoms with Crippen LogP contribution in [0.2, 0.25) is 0 Å². The Morgan fingerprint density at radius 2 is 2.17 bits per heavy atom. The van der Waals surface area contributed by atoms with Crippen LogP contribution in [0.5, 0.6) is 5.75 Å². The van der Waals surface area contributed by atoms with Crippen LogP contribution in [-0.4, -0.2) is 35.4 Å². The molecule has 1 atom stereocenters. The van der Waals surface area contributed by atoms with E-state index in [-0.39, 0.29) is 24.4 Å². The Bertz CT molecular complexity index is 948. The van der Waals surface area contributed by atoms with E-state index in [1.165, 1.54) is 0 Å². The Kier molecular flexibility index (Phi) is 6.49. The largest absolute Gasteiger partial charge is 0.490 e. The zero-order valence-electron chi connectivity index (χ0n) is 16.7. The highest BCUT2D eigenvalue weighted by molar-refractivity contribution is 5.86. The van der Waals surface area contributed by atoms with Crippen molar-refractivity contribution < 1.29 is 13.9 Å². The zero-order chi connectivity index (χ0) is 19.6. The van der Waals surface area contributed by atoms with E-state index in [0.717, 1.165) is 24.2 Å². The van der Waals surface area contributed by atoms with Gasteiger partial charge in [0.1, 0.15) is 11.3 Å². The second-order valence-electron chi connectivity index (χ2n) is 7.18. The van der Waals surface area contributed by atoms with E-state index in [1.807, 2.05) is 50.4 Å². The number of hydrogen-bond donors (Lipinski definition) is 2. The van der Waals surface area contributed by atoms with Crippen LogP contribution in [0.4, 0.5) is 0 Å². The Morgan fingerprint density at radius 1 is 1.38 bits per heavy atom. The number of carbonyl (C=O) groups excluding carboxylic acids is 1. The first-order valence-corrected chi connectivity index (χ1v) is 9.81. The molecule has 7 nitrogen and oxygen atoms in total. The molecule has 1 aromatic carbocycles. The van der Waals surface area contributed by atoms with Gasteiger partial charge in [0.15, 0.2) is 11.3 Å². The number of para-hydroxylation sites is 1. The third kappa shape index (κ3) is 3.97. The molecule has 0 aliphatic carbocycles. The van der Waals surface area contributed by atoms with E-state index in [9.17, 15) is 4.79 Å². The number of aromatic nitrogens is 2. The first-order chi connectivity index (χ1) is 13.6. The van der Waals surface area contributed by atoms with Gasteiger partial charge < -0.3 is 19.8 Å². The van der Waals surface area contributed by atoms with Crippen molar-refractivity contribution in [3.05, 3.63) is 48.5 Å². The van der Waals surface area contributed by atoms with Crippen molar-refractivity contribution >= 4 is 29.3 Å². The van der Waals surface area contributed by atoms with Crippen molar-refractivity contribution in [1.82, 2.24) is 20.4 Å². The van der Waals surface area contributed by atoms with Crippen molar-refractivity contribution in [3.63, 3.8) is 0 Å². The molecule has 156 valence electrons. The summed E-state index contributed by atoms with van der Waals surface area (Å²) in [6, 6.07) is 9.37. The van der Waals surface area contributed by atoms with Crippen molar-refractivity contribution in [2.75, 3.05) is 19.7 Å². The Hall–Kier alpha value is -2.51. The number of fused-ring (bicyclic) bond motifs is 1. The van der Waals surface area contributed by atoms with Gasteiger partial charge >= 0.3 is 0 Å². The molecule has 2 aromatic heterocycles. The molecular formula is C21H27ClN4O3. The van der Waals surface area contributed by atoms with E-state index in [4.69, 9.17) is 9.15 Å². The van der Waals surface area contributed by atoms with E-state index in [1.54, 1.807) is 10.9 Å². The fourth-order valence-corrected chi connectivity index (χ4v) is 3.86. The minimum Gasteiger partial charge on any atom is -0.490 e. The van der Waals surface area contributed by atoms with Gasteiger partial charge in [-0.2, -0.15) is 5.10 Å². The van der Waals surface area contributed by atoms with Crippen LogP contribution in [0.15, 0.2) is 47.1 Å². The first-order valence-electron chi connectivity index (χ1n) is 9.81. The molecule has 1 aliphatic rings. The van der Waals surface area contributed by atoms with Crippen LogP contribution in [0, 0.1) is 0 Å². The molecule has 0 spiro atoms. The fraction of sp³-hybridized carbons (Fsp3) is 0.429. The zero-order valence-corrected chi connectivity index (χ0v) is 17.5. The molecule has 8 heteroatoms. The summed E-state index contributed by atoms with van der Waals surface area (Å²) in [4.78, 5) is 13.3. The maximum Gasteiger partial charge on any atom is 0.248 e. The fourth-order valence-electron chi connectivity index (χ4n) is 3.86. The third-order valence-electron chi connectivity index (χ3n) is 5.40. The Balaban J connectivity index is 0.00000240. The Morgan fingerprint density at radius 3 is 2.86 bits per heavy atom. The van der Waals surface area contributed by atoms with E-state index in [0.29, 0.717) is 30.8 Å². The number of hydrogen-bond acceptors (Lipinski definition) is 5. The maximum atomic E-state index is 13.3. The van der Waals surface area contributed by atoms with E-state index in [2.05, 4.69) is 15.7 Å². The van der Waals surface area contributed by atoms with Crippen LogP contribution in [0.25, 0.3) is 11.0 Å². The summed E-state index contributed by atoms with van der Waals surface area (Å²) in [5, 5.41) is 11.8. The summed E-state index contributed by atoms with van der Waals surface area (Å²) >= 11 is 0. The van der Waals surface area contributed by atoms with Gasteiger partial charge in [0.25, 0.3) is 0 Å². The highest BCUT2D eigenvalue weighted by atomic mass is 35.5. The number of amides is 1. The maximum absolute atomic E-state index is 13.3. The van der Waals surface area contributed by atoms with Gasteiger partial charge in [0.2, 0.25) is 5.91 Å². The van der Waals surface area contributed by atoms with E-state index >= 15 is 0 Å². The molecule has 0 radical (unpaired) electrons. The molecule has 0 bridgehead atoms. The average Bonchev–Trinajstić information content (AvgIpc) is 3.39. The molecule has 3 aromatic rings. The number of ether oxygens (including phenoxy) is 1. The van der Waals surface area contributed by atoms with Crippen LogP contribution in [-0.2, 0) is 10.3 Å². The highest BCUT2D eigenvalue weighted by Crippen LogP contribution is 2.32. The number of nitrogens with one attached hydrogen (secondary N) is 2. The second-order valence-corrected chi connectivity index (χ2v) is 7.18. The lowest BCUT2D eigenvalue weighted by Gasteiger charge is -2.37. The predicted octanol–water partition coefficient (Wildman–Crippen LogP) is 3.41. The van der Waals surface area contributed by atoms with Crippen molar-refractivity contribution in [3.8, 4) is 5.75 Å². The quantitative estimate of drug-likeness (QED) is 0.641. The molecule has 29 heavy (non-hydrogen) atoms. The summed E-state index contributed by atoms with van der Waals surface area (Å²) in [5.41, 5.74) is 0.0370. The molecule has 1 unspecified atom stereocenters. The number of furan rings is 1. The minimum absolute atomic E-state index is 0. The number of benzene rings is 1. The summed E-state index contributed by atoms with van der Waals surface area (Å²) in [7, 11) is 0. The predicted molar refractivity (Wildman–Crippen MR) is 113 cm³/mol. The van der Waals surface area contributed by atoms with Gasteiger partial charge in [-0.3, -0.25) is 9.48 Å². The molecule has 1 fully saturated rings. The second kappa shape index (κ2) is 8.88. The monoisotopic (exact) mass is 418 g/mol. The van der Waals surface area contributed by atoms with Crippen LogP contribution >= 0.6 is 12.4 Å². The normalized spacial score (nSPS) is 16.8. The molecule has 4 rings (SSSR count). The van der Waals surface area contributed by atoms with Gasteiger partial charge in [-0.05, 0) is 58.0 Å². The van der Waals surface area contributed by atoms with Crippen LogP contribution < -0.4 is 15.4 Å². The third-order valence-corrected chi connectivity index (χ3v) is 5.40. The molecule has 0 saturated carbocycles. The lowest BCUT2D eigenvalue weighted by atomic mass is 9.87. The summed E-state index contributed by atoms with van der Waals surface area (Å²) in [6.45, 7) is 6.02. The summed E-state index contributed by atoms with van der Waals surface area (Å²) < 4.78 is 13.5. The molecular weight excluding hydrogens is 392 g/mol. The van der Waals surface area contributed by atoms with Gasteiger partial charge in [-0.1, -0.05) is 12.1 Å². The number of halogens is 1. The van der Waals surface area contributed by atoms with Crippen molar-refractivity contribution in [2.24, 2.45) is 0 Å². The molecule has 1 saturated heterocycles. The standard InChI is InChI=1S/C21H26N4O3.ClH/c1-3-27-17-7-4-6-16-14-18(28-19(16)17)15(2)24-20(26)21(8-11-22-12-9-21)25-13-5-10-23-25;/h4-7,10,13-15,22H,3,8-9,11-12H2,1-2H3,(H,24,26);1H. The van der Waals surface area contributed by atoms with Crippen molar-refractivity contribution in [2.45, 2.75) is 38.3 Å². The van der Waals surface area contributed by atoms with Gasteiger partial charge in [0.05, 0.1) is 12.6 Å². The number of nitrogens with zero attached hydrogens (tertiary/aromatic N) is 2. The molecule has 2 N–H and O–H groups in total. The first kappa shape index (κ1) is 21.2. The smallest absolute Gasteiger partial charge is 0.248 e. The topological polar surface area (TPSA) is 81.3 Å². The average molecular weight is 419 g/mol. The highest BCUT2D eigenvalue weighted by Gasteiger charge is 2.42. The number of rotatable bonds is 6. The van der Waals surface area contributed by atoms with Gasteiger partial charge in [-0.15, -0.1) is 12.4 Å². The molecule has 1 aliphatic heterocycles. The summed E-state index contributed by atoms with van der Waals surface area (Å²) in [6.07, 6.45) is 4.98. The number of carbonyl (C=O) groups is 1. The lowest BCUT2D eigenvalue weighted by molar-refractivity contribution is -0.132. The van der Waals surface area contributed by atoms with Gasteiger partial charge in [-0.25, -0.2) is 0 Å². The van der Waals surface area contributed by atoms with Crippen molar-refractivity contribution in [1.29, 1.82) is 0 Å². The number of piperidine rings is 1. The van der Waals surface area contributed by atoms with Crippen LogP contribution in [0.3, 0.4) is 0 Å². The lowest BCUT2D eigenvalue weighted by Crippen LogP contribution is -2.54. The minimum atomic E-state index is -0.675. The van der Waals surface area contributed by atoms with Gasteiger partial charge in [0, 0.05) is 17.8 Å². The van der Waals surface area contributed by atoms with E-state index < -0.39 is 5.54 Å². The molecule has 3 heterocycles. The SMILES string of the molecule is CCOc1cccc2cc(C(C)NC(=O)C3(n4cccn4)CCNCC3)oc12.Cl. The molecule has 1 amide bonds. The van der Waals surface area contributed by atoms with Crippen LogP contribution in [0.1, 0.15) is 38.5 Å². The Labute approximate surface area is 176 Å².